The lowest BCUT2D eigenvalue weighted by atomic mass is 10.1. The van der Waals surface area contributed by atoms with Crippen LogP contribution in [0.15, 0.2) is 42.7 Å². The summed E-state index contributed by atoms with van der Waals surface area (Å²) in [4.78, 5) is 27.2. The number of nitrogens with zero attached hydrogens (tertiary/aromatic N) is 4. The molecule has 0 fully saturated rings. The second kappa shape index (κ2) is 8.30. The molecule has 0 saturated heterocycles. The van der Waals surface area contributed by atoms with Crippen molar-refractivity contribution in [2.24, 2.45) is 5.73 Å². The first kappa shape index (κ1) is 19.0. The van der Waals surface area contributed by atoms with E-state index in [1.54, 1.807) is 13.3 Å². The smallest absolute Gasteiger partial charge is 0.337 e. The maximum Gasteiger partial charge on any atom is 0.337 e. The average Bonchev–Trinajstić information content (AvgIpc) is 3.12. The number of aryl methyl sites for hydroxylation is 3. The Morgan fingerprint density at radius 1 is 1.21 bits per heavy atom. The maximum absolute atomic E-state index is 11.7. The molecule has 0 aliphatic carbocycles. The lowest BCUT2D eigenvalue weighted by molar-refractivity contribution is 0.0695. The molecule has 0 bridgehead atoms. The summed E-state index contributed by atoms with van der Waals surface area (Å²) < 4.78 is 1.91. The van der Waals surface area contributed by atoms with Crippen LogP contribution in [0.25, 0.3) is 0 Å². The van der Waals surface area contributed by atoms with Gasteiger partial charge in [-0.2, -0.15) is 0 Å². The zero-order valence-corrected chi connectivity index (χ0v) is 15.3. The van der Waals surface area contributed by atoms with Gasteiger partial charge < -0.3 is 20.7 Å². The number of hydrogen-bond donors (Lipinski definition) is 3. The van der Waals surface area contributed by atoms with Crippen LogP contribution in [-0.2, 0) is 19.5 Å². The van der Waals surface area contributed by atoms with Crippen molar-refractivity contribution < 1.29 is 14.7 Å². The van der Waals surface area contributed by atoms with Crippen LogP contribution in [0.2, 0.25) is 0 Å². The van der Waals surface area contributed by atoms with Crippen LogP contribution in [0, 0.1) is 6.92 Å². The molecule has 1 amide bonds. The molecule has 0 saturated carbocycles. The van der Waals surface area contributed by atoms with Crippen molar-refractivity contribution in [3.63, 3.8) is 0 Å². The third kappa shape index (κ3) is 4.32. The largest absolute Gasteiger partial charge is 0.478 e. The minimum Gasteiger partial charge on any atom is -0.478 e. The van der Waals surface area contributed by atoms with Crippen LogP contribution in [0.4, 0.5) is 5.82 Å². The van der Waals surface area contributed by atoms with Crippen LogP contribution < -0.4 is 11.1 Å². The van der Waals surface area contributed by atoms with E-state index in [4.69, 9.17) is 5.73 Å². The number of aromatic nitrogens is 4. The van der Waals surface area contributed by atoms with E-state index < -0.39 is 11.9 Å². The van der Waals surface area contributed by atoms with Gasteiger partial charge in [0.25, 0.3) is 5.91 Å². The van der Waals surface area contributed by atoms with Crippen molar-refractivity contribution in [1.82, 2.24) is 19.7 Å². The fourth-order valence-electron chi connectivity index (χ4n) is 2.80. The van der Waals surface area contributed by atoms with Gasteiger partial charge in [-0.15, -0.1) is 10.2 Å². The lowest BCUT2D eigenvalue weighted by Crippen LogP contribution is -2.19. The summed E-state index contributed by atoms with van der Waals surface area (Å²) in [6, 6.07) is 11.3. The third-order valence-electron chi connectivity index (χ3n) is 4.30. The van der Waals surface area contributed by atoms with Gasteiger partial charge in [0.05, 0.1) is 23.4 Å². The SMILES string of the molecule is Cc1nc(NCc2nncn2CCc2ccccc2)c(C(N)=O)cc1C(=O)O. The summed E-state index contributed by atoms with van der Waals surface area (Å²) >= 11 is 0. The number of carboxylic acid groups (broad SMARTS) is 1. The number of hydrogen-bond acceptors (Lipinski definition) is 6. The van der Waals surface area contributed by atoms with Crippen molar-refractivity contribution in [1.29, 1.82) is 0 Å². The number of nitrogens with two attached hydrogens (primary N) is 1. The Bertz CT molecular complexity index is 1000. The number of amides is 1. The van der Waals surface area contributed by atoms with Crippen molar-refractivity contribution in [2.75, 3.05) is 5.32 Å². The molecule has 2 aromatic heterocycles. The van der Waals surface area contributed by atoms with E-state index in [1.807, 2.05) is 22.8 Å². The molecular formula is C19H20N6O3. The molecule has 0 aliphatic heterocycles. The van der Waals surface area contributed by atoms with Crippen molar-refractivity contribution in [3.8, 4) is 0 Å². The van der Waals surface area contributed by atoms with Gasteiger partial charge in [-0.25, -0.2) is 9.78 Å². The summed E-state index contributed by atoms with van der Waals surface area (Å²) in [7, 11) is 0. The summed E-state index contributed by atoms with van der Waals surface area (Å²) in [6.45, 7) is 2.51. The Morgan fingerprint density at radius 2 is 1.96 bits per heavy atom. The molecule has 0 radical (unpaired) electrons. The molecule has 28 heavy (non-hydrogen) atoms. The number of primary amides is 1. The number of nitrogens with one attached hydrogen (secondary N) is 1. The quantitative estimate of drug-likeness (QED) is 0.540. The molecule has 4 N–H and O–H groups in total. The normalized spacial score (nSPS) is 10.6. The lowest BCUT2D eigenvalue weighted by Gasteiger charge is -2.12. The molecule has 3 rings (SSSR count). The van der Waals surface area contributed by atoms with E-state index in [0.29, 0.717) is 12.4 Å². The van der Waals surface area contributed by atoms with Gasteiger partial charge in [0.2, 0.25) is 0 Å². The van der Waals surface area contributed by atoms with Crippen LogP contribution in [0.3, 0.4) is 0 Å². The van der Waals surface area contributed by atoms with E-state index >= 15 is 0 Å². The first-order valence-corrected chi connectivity index (χ1v) is 8.65. The first-order valence-electron chi connectivity index (χ1n) is 8.65. The molecule has 9 heteroatoms. The number of carbonyl (C=O) groups excluding carboxylic acids is 1. The molecular weight excluding hydrogens is 360 g/mol. The van der Waals surface area contributed by atoms with Crippen molar-refractivity contribution in [3.05, 3.63) is 70.9 Å². The zero-order valence-electron chi connectivity index (χ0n) is 15.3. The highest BCUT2D eigenvalue weighted by Gasteiger charge is 2.18. The summed E-state index contributed by atoms with van der Waals surface area (Å²) in [5.41, 5.74) is 6.81. The minimum atomic E-state index is -1.17. The highest BCUT2D eigenvalue weighted by molar-refractivity contribution is 6.00. The summed E-state index contributed by atoms with van der Waals surface area (Å²) in [5.74, 6) is -1.05. The van der Waals surface area contributed by atoms with Gasteiger partial charge in [0.15, 0.2) is 5.82 Å². The monoisotopic (exact) mass is 380 g/mol. The number of carboxylic acids is 1. The third-order valence-corrected chi connectivity index (χ3v) is 4.30. The number of aromatic carboxylic acids is 1. The fourth-order valence-corrected chi connectivity index (χ4v) is 2.80. The first-order chi connectivity index (χ1) is 13.5. The predicted molar refractivity (Wildman–Crippen MR) is 102 cm³/mol. The second-order valence-corrected chi connectivity index (χ2v) is 6.22. The van der Waals surface area contributed by atoms with Crippen LogP contribution >= 0.6 is 0 Å². The highest BCUT2D eigenvalue weighted by Crippen LogP contribution is 2.18. The van der Waals surface area contributed by atoms with E-state index in [2.05, 4.69) is 32.6 Å². The number of carbonyl (C=O) groups is 2. The molecule has 1 aromatic carbocycles. The van der Waals surface area contributed by atoms with Crippen LogP contribution in [0.1, 0.15) is 37.8 Å². The Morgan fingerprint density at radius 3 is 2.64 bits per heavy atom. The maximum atomic E-state index is 11.7. The number of pyridine rings is 1. The molecule has 0 spiro atoms. The fraction of sp³-hybridized carbons (Fsp3) is 0.211. The molecule has 0 aliphatic rings. The van der Waals surface area contributed by atoms with E-state index in [1.165, 1.54) is 11.6 Å². The van der Waals surface area contributed by atoms with Gasteiger partial charge >= 0.3 is 5.97 Å². The highest BCUT2D eigenvalue weighted by atomic mass is 16.4. The predicted octanol–water partition coefficient (Wildman–Crippen LogP) is 1.63. The van der Waals surface area contributed by atoms with Gasteiger partial charge in [-0.1, -0.05) is 30.3 Å². The van der Waals surface area contributed by atoms with E-state index in [9.17, 15) is 14.7 Å². The summed E-state index contributed by atoms with van der Waals surface area (Å²) in [5, 5.41) is 20.3. The standard InChI is InChI=1S/C19H20N6O3/c1-12-14(19(27)28)9-15(17(20)26)18(23-12)21-10-16-24-22-11-25(16)8-7-13-5-3-2-4-6-13/h2-6,9,11H,7-8,10H2,1H3,(H2,20,26)(H,21,23)(H,27,28). The number of benzene rings is 1. The Balaban J connectivity index is 1.74. The van der Waals surface area contributed by atoms with E-state index in [-0.39, 0.29) is 29.2 Å². The molecule has 3 aromatic rings. The Labute approximate surface area is 161 Å². The molecule has 144 valence electrons. The average molecular weight is 380 g/mol. The topological polar surface area (TPSA) is 136 Å². The molecule has 9 nitrogen and oxygen atoms in total. The zero-order chi connectivity index (χ0) is 20.1. The molecule has 0 atom stereocenters. The minimum absolute atomic E-state index is 0.0124. The number of anilines is 1. The Hall–Kier alpha value is -3.75. The number of rotatable bonds is 8. The molecule has 0 unspecified atom stereocenters. The van der Waals surface area contributed by atoms with E-state index in [0.717, 1.165) is 6.42 Å². The van der Waals surface area contributed by atoms with Crippen molar-refractivity contribution in [2.45, 2.75) is 26.4 Å². The van der Waals surface area contributed by atoms with Gasteiger partial charge in [0, 0.05) is 6.54 Å². The van der Waals surface area contributed by atoms with Crippen molar-refractivity contribution >= 4 is 17.7 Å². The summed E-state index contributed by atoms with van der Waals surface area (Å²) in [6.07, 6.45) is 2.46. The van der Waals surface area contributed by atoms with Crippen LogP contribution in [-0.4, -0.2) is 36.7 Å². The van der Waals surface area contributed by atoms with Gasteiger partial charge in [-0.05, 0) is 25.0 Å². The Kier molecular flexibility index (Phi) is 5.64. The van der Waals surface area contributed by atoms with Crippen LogP contribution in [0.5, 0.6) is 0 Å². The second-order valence-electron chi connectivity index (χ2n) is 6.22. The van der Waals surface area contributed by atoms with Gasteiger partial charge in [-0.3, -0.25) is 4.79 Å². The molecule has 2 heterocycles. The van der Waals surface area contributed by atoms with Gasteiger partial charge in [0.1, 0.15) is 12.1 Å².